The SMILES string of the molecule is Cn1cc(Br)cc(Nc2cc3n(n2)CCN(C(=O)O)C3)c1=O. The number of rotatable bonds is 2. The van der Waals surface area contributed by atoms with Crippen molar-refractivity contribution < 1.29 is 9.90 Å². The minimum Gasteiger partial charge on any atom is -0.465 e. The van der Waals surface area contributed by atoms with Crippen molar-refractivity contribution in [2.24, 2.45) is 7.05 Å². The molecule has 1 aliphatic rings. The molecule has 3 rings (SSSR count). The predicted molar refractivity (Wildman–Crippen MR) is 83.3 cm³/mol. The molecule has 0 aliphatic carbocycles. The number of amides is 1. The second-order valence-electron chi connectivity index (χ2n) is 5.06. The molecule has 2 aromatic rings. The largest absolute Gasteiger partial charge is 0.465 e. The fraction of sp³-hybridized carbons (Fsp3) is 0.308. The predicted octanol–water partition coefficient (Wildman–Crippen LogP) is 1.58. The third-order valence-electron chi connectivity index (χ3n) is 3.48. The van der Waals surface area contributed by atoms with E-state index in [1.807, 2.05) is 0 Å². The van der Waals surface area contributed by atoms with Crippen molar-refractivity contribution in [1.82, 2.24) is 19.2 Å². The molecule has 1 amide bonds. The Balaban J connectivity index is 1.87. The number of nitrogens with zero attached hydrogens (tertiary/aromatic N) is 4. The number of fused-ring (bicyclic) bond motifs is 1. The second-order valence-corrected chi connectivity index (χ2v) is 5.98. The van der Waals surface area contributed by atoms with Crippen molar-refractivity contribution in [3.05, 3.63) is 38.9 Å². The van der Waals surface area contributed by atoms with Gasteiger partial charge in [0, 0.05) is 30.3 Å². The number of hydrogen-bond acceptors (Lipinski definition) is 4. The molecule has 2 aromatic heterocycles. The van der Waals surface area contributed by atoms with Gasteiger partial charge in [0.2, 0.25) is 0 Å². The Kier molecular flexibility index (Phi) is 3.65. The third-order valence-corrected chi connectivity index (χ3v) is 3.91. The maximum absolute atomic E-state index is 12.1. The number of nitrogens with one attached hydrogen (secondary N) is 1. The number of anilines is 2. The van der Waals surface area contributed by atoms with Crippen LogP contribution in [0.2, 0.25) is 0 Å². The molecule has 0 unspecified atom stereocenters. The first-order valence-electron chi connectivity index (χ1n) is 6.62. The fourth-order valence-corrected chi connectivity index (χ4v) is 2.92. The molecule has 0 spiro atoms. The van der Waals surface area contributed by atoms with E-state index in [9.17, 15) is 9.59 Å². The normalized spacial score (nSPS) is 13.8. The average Bonchev–Trinajstić information content (AvgIpc) is 2.85. The van der Waals surface area contributed by atoms with Gasteiger partial charge in [-0.1, -0.05) is 0 Å². The molecule has 3 heterocycles. The minimum atomic E-state index is -0.942. The fourth-order valence-electron chi connectivity index (χ4n) is 2.39. The number of hydrogen-bond donors (Lipinski definition) is 2. The minimum absolute atomic E-state index is 0.165. The summed E-state index contributed by atoms with van der Waals surface area (Å²) >= 11 is 3.34. The van der Waals surface area contributed by atoms with Gasteiger partial charge in [0.25, 0.3) is 5.56 Å². The van der Waals surface area contributed by atoms with E-state index in [1.54, 1.807) is 30.1 Å². The van der Waals surface area contributed by atoms with Crippen LogP contribution in [0.5, 0.6) is 0 Å². The zero-order valence-electron chi connectivity index (χ0n) is 11.8. The molecule has 0 atom stereocenters. The summed E-state index contributed by atoms with van der Waals surface area (Å²) in [6.07, 6.45) is 0.735. The van der Waals surface area contributed by atoms with Gasteiger partial charge >= 0.3 is 6.09 Å². The topological polar surface area (TPSA) is 92.4 Å². The molecule has 0 bridgehead atoms. The van der Waals surface area contributed by atoms with Crippen LogP contribution in [0.3, 0.4) is 0 Å². The Morgan fingerprint density at radius 3 is 2.91 bits per heavy atom. The zero-order valence-corrected chi connectivity index (χ0v) is 13.4. The smallest absolute Gasteiger partial charge is 0.407 e. The second kappa shape index (κ2) is 5.48. The monoisotopic (exact) mass is 367 g/mol. The van der Waals surface area contributed by atoms with Crippen LogP contribution >= 0.6 is 15.9 Å². The van der Waals surface area contributed by atoms with Gasteiger partial charge in [-0.25, -0.2) is 4.79 Å². The summed E-state index contributed by atoms with van der Waals surface area (Å²) in [5.74, 6) is 0.525. The average molecular weight is 368 g/mol. The zero-order chi connectivity index (χ0) is 15.9. The summed E-state index contributed by atoms with van der Waals surface area (Å²) in [5.41, 5.74) is 1.03. The van der Waals surface area contributed by atoms with E-state index in [1.165, 1.54) is 9.47 Å². The van der Waals surface area contributed by atoms with Gasteiger partial charge in [0.1, 0.15) is 5.69 Å². The van der Waals surface area contributed by atoms with Crippen LogP contribution in [0, 0.1) is 0 Å². The first kappa shape index (κ1) is 14.6. The highest BCUT2D eigenvalue weighted by atomic mass is 79.9. The lowest BCUT2D eigenvalue weighted by Gasteiger charge is -2.24. The lowest BCUT2D eigenvalue weighted by atomic mass is 10.3. The quantitative estimate of drug-likeness (QED) is 0.840. The summed E-state index contributed by atoms with van der Waals surface area (Å²) in [7, 11) is 1.67. The Labute approximate surface area is 134 Å². The van der Waals surface area contributed by atoms with Crippen molar-refractivity contribution in [2.45, 2.75) is 13.1 Å². The molecule has 0 saturated carbocycles. The van der Waals surface area contributed by atoms with Crippen LogP contribution in [-0.4, -0.2) is 37.0 Å². The standard InChI is InChI=1S/C13H14BrN5O3/c1-17-6-8(14)4-10(12(17)20)15-11-5-9-7-18(13(21)22)2-3-19(9)16-11/h4-6H,2-3,7H2,1H3,(H,15,16)(H,21,22). The molecule has 0 fully saturated rings. The highest BCUT2D eigenvalue weighted by molar-refractivity contribution is 9.10. The molecule has 116 valence electrons. The summed E-state index contributed by atoms with van der Waals surface area (Å²) in [6.45, 7) is 1.20. The summed E-state index contributed by atoms with van der Waals surface area (Å²) in [5, 5.41) is 16.4. The molecular formula is C13H14BrN5O3. The number of pyridine rings is 1. The molecule has 0 radical (unpaired) electrons. The maximum atomic E-state index is 12.1. The van der Waals surface area contributed by atoms with Crippen LogP contribution < -0.4 is 10.9 Å². The van der Waals surface area contributed by atoms with Crippen LogP contribution in [0.25, 0.3) is 0 Å². The van der Waals surface area contributed by atoms with E-state index in [2.05, 4.69) is 26.3 Å². The van der Waals surface area contributed by atoms with Gasteiger partial charge in [-0.2, -0.15) is 5.10 Å². The van der Waals surface area contributed by atoms with Crippen molar-refractivity contribution >= 4 is 33.5 Å². The van der Waals surface area contributed by atoms with E-state index >= 15 is 0 Å². The number of carbonyl (C=O) groups is 1. The third kappa shape index (κ3) is 2.71. The molecule has 2 N–H and O–H groups in total. The first-order chi connectivity index (χ1) is 10.4. The van der Waals surface area contributed by atoms with Crippen molar-refractivity contribution in [2.75, 3.05) is 11.9 Å². The number of aryl methyl sites for hydroxylation is 1. The lowest BCUT2D eigenvalue weighted by molar-refractivity contribution is 0.131. The lowest BCUT2D eigenvalue weighted by Crippen LogP contribution is -2.37. The van der Waals surface area contributed by atoms with E-state index in [0.717, 1.165) is 10.2 Å². The number of halogens is 1. The summed E-state index contributed by atoms with van der Waals surface area (Å²) < 4.78 is 4.00. The Hall–Kier alpha value is -2.29. The van der Waals surface area contributed by atoms with E-state index < -0.39 is 6.09 Å². The molecule has 0 saturated heterocycles. The van der Waals surface area contributed by atoms with Crippen molar-refractivity contribution in [3.8, 4) is 0 Å². The van der Waals surface area contributed by atoms with E-state index in [4.69, 9.17) is 5.11 Å². The van der Waals surface area contributed by atoms with Crippen LogP contribution in [0.15, 0.2) is 27.6 Å². The molecular weight excluding hydrogens is 354 g/mol. The van der Waals surface area contributed by atoms with Crippen molar-refractivity contribution in [3.63, 3.8) is 0 Å². The molecule has 1 aliphatic heterocycles. The summed E-state index contributed by atoms with van der Waals surface area (Å²) in [4.78, 5) is 24.4. The first-order valence-corrected chi connectivity index (χ1v) is 7.41. The molecule has 0 aromatic carbocycles. The van der Waals surface area contributed by atoms with Gasteiger partial charge in [0.15, 0.2) is 5.82 Å². The van der Waals surface area contributed by atoms with Gasteiger partial charge in [-0.15, -0.1) is 0 Å². The Bertz CT molecular complexity index is 797. The Morgan fingerprint density at radius 2 is 2.18 bits per heavy atom. The van der Waals surface area contributed by atoms with Gasteiger partial charge in [-0.05, 0) is 22.0 Å². The van der Waals surface area contributed by atoms with Gasteiger partial charge in [0.05, 0.1) is 18.8 Å². The molecule has 8 nitrogen and oxygen atoms in total. The Morgan fingerprint density at radius 1 is 1.41 bits per heavy atom. The van der Waals surface area contributed by atoms with Crippen LogP contribution in [0.1, 0.15) is 5.69 Å². The summed E-state index contributed by atoms with van der Waals surface area (Å²) in [6, 6.07) is 3.44. The van der Waals surface area contributed by atoms with E-state index in [-0.39, 0.29) is 5.56 Å². The van der Waals surface area contributed by atoms with E-state index in [0.29, 0.717) is 31.1 Å². The molecule has 9 heteroatoms. The van der Waals surface area contributed by atoms with Crippen LogP contribution in [0.4, 0.5) is 16.3 Å². The molecule has 22 heavy (non-hydrogen) atoms. The highest BCUT2D eigenvalue weighted by Gasteiger charge is 2.21. The van der Waals surface area contributed by atoms with Gasteiger partial charge in [-0.3, -0.25) is 9.48 Å². The highest BCUT2D eigenvalue weighted by Crippen LogP contribution is 2.20. The number of aromatic nitrogens is 3. The van der Waals surface area contributed by atoms with Gasteiger partial charge < -0.3 is 19.9 Å². The number of carboxylic acid groups (broad SMARTS) is 1. The van der Waals surface area contributed by atoms with Crippen LogP contribution in [-0.2, 0) is 20.1 Å². The maximum Gasteiger partial charge on any atom is 0.407 e. The van der Waals surface area contributed by atoms with Crippen molar-refractivity contribution in [1.29, 1.82) is 0 Å².